The molecule has 1 aromatic carbocycles. The van der Waals surface area contributed by atoms with E-state index in [0.29, 0.717) is 5.02 Å². The van der Waals surface area contributed by atoms with Crippen molar-refractivity contribution in [2.24, 2.45) is 0 Å². The van der Waals surface area contributed by atoms with Crippen LogP contribution >= 0.6 is 11.6 Å². The lowest BCUT2D eigenvalue weighted by atomic mass is 10.1. The average Bonchev–Trinajstić information content (AvgIpc) is 2.82. The van der Waals surface area contributed by atoms with Gasteiger partial charge in [-0.2, -0.15) is 0 Å². The molecule has 0 amide bonds. The monoisotopic (exact) mass is 230 g/mol. The smallest absolute Gasteiger partial charge is 0.114 e. The van der Waals surface area contributed by atoms with Gasteiger partial charge in [0.05, 0.1) is 11.7 Å². The van der Waals surface area contributed by atoms with Gasteiger partial charge in [-0.05, 0) is 18.2 Å². The molecule has 2 heterocycles. The Morgan fingerprint density at radius 3 is 2.94 bits per heavy atom. The topological polar surface area (TPSA) is 54.5 Å². The molecule has 0 saturated carbocycles. The lowest BCUT2D eigenvalue weighted by molar-refractivity contribution is 0.942. The van der Waals surface area contributed by atoms with E-state index >= 15 is 0 Å². The van der Waals surface area contributed by atoms with Gasteiger partial charge in [0.15, 0.2) is 0 Å². The predicted octanol–water partition coefficient (Wildman–Crippen LogP) is 2.67. The largest absolute Gasteiger partial charge is 0.265 e. The van der Waals surface area contributed by atoms with Crippen LogP contribution in [0, 0.1) is 0 Å². The third kappa shape index (κ3) is 1.53. The summed E-state index contributed by atoms with van der Waals surface area (Å²) in [6.45, 7) is 0. The summed E-state index contributed by atoms with van der Waals surface area (Å²) in [4.78, 5) is 4.33. The molecule has 0 aliphatic carbocycles. The number of benzene rings is 1. The van der Waals surface area contributed by atoms with E-state index in [-0.39, 0.29) is 0 Å². The van der Waals surface area contributed by atoms with E-state index in [2.05, 4.69) is 20.4 Å². The van der Waals surface area contributed by atoms with Crippen molar-refractivity contribution in [2.75, 3.05) is 0 Å². The molecule has 16 heavy (non-hydrogen) atoms. The summed E-state index contributed by atoms with van der Waals surface area (Å²) in [6, 6.07) is 7.63. The first-order chi connectivity index (χ1) is 7.83. The molecule has 0 unspecified atom stereocenters. The molecule has 4 nitrogen and oxygen atoms in total. The SMILES string of the molecule is Clc1ccc2cc(-c3c[nH]nn3)cnc2c1. The number of aromatic amines is 1. The van der Waals surface area contributed by atoms with Crippen molar-refractivity contribution in [3.05, 3.63) is 41.7 Å². The highest BCUT2D eigenvalue weighted by atomic mass is 35.5. The third-order valence-corrected chi connectivity index (χ3v) is 2.59. The maximum atomic E-state index is 5.89. The van der Waals surface area contributed by atoms with Crippen LogP contribution in [0.5, 0.6) is 0 Å². The first kappa shape index (κ1) is 9.30. The molecule has 0 aliphatic rings. The van der Waals surface area contributed by atoms with Crippen LogP contribution in [0.2, 0.25) is 5.02 Å². The molecule has 0 spiro atoms. The Balaban J connectivity index is 2.20. The third-order valence-electron chi connectivity index (χ3n) is 2.36. The number of pyridine rings is 1. The van der Waals surface area contributed by atoms with Crippen molar-refractivity contribution in [1.82, 2.24) is 20.4 Å². The number of halogens is 1. The quantitative estimate of drug-likeness (QED) is 0.699. The number of aromatic nitrogens is 4. The summed E-state index contributed by atoms with van der Waals surface area (Å²) in [6.07, 6.45) is 3.50. The first-order valence-electron chi connectivity index (χ1n) is 4.75. The van der Waals surface area contributed by atoms with Crippen LogP contribution in [0.4, 0.5) is 0 Å². The molecule has 0 saturated heterocycles. The number of H-pyrrole nitrogens is 1. The molecule has 0 fully saturated rings. The molecular formula is C11H7ClN4. The normalized spacial score (nSPS) is 10.8. The number of fused-ring (bicyclic) bond motifs is 1. The summed E-state index contributed by atoms with van der Waals surface area (Å²) < 4.78 is 0. The van der Waals surface area contributed by atoms with Crippen molar-refractivity contribution in [2.45, 2.75) is 0 Å². The maximum Gasteiger partial charge on any atom is 0.114 e. The molecule has 0 atom stereocenters. The van der Waals surface area contributed by atoms with Gasteiger partial charge in [0, 0.05) is 22.2 Å². The van der Waals surface area contributed by atoms with E-state index < -0.39 is 0 Å². The number of nitrogens with zero attached hydrogens (tertiary/aromatic N) is 3. The van der Waals surface area contributed by atoms with Crippen LogP contribution in [0.1, 0.15) is 0 Å². The fraction of sp³-hybridized carbons (Fsp3) is 0. The predicted molar refractivity (Wildman–Crippen MR) is 62.1 cm³/mol. The van der Waals surface area contributed by atoms with Crippen LogP contribution < -0.4 is 0 Å². The Morgan fingerprint density at radius 2 is 2.12 bits per heavy atom. The molecule has 0 bridgehead atoms. The Kier molecular flexibility index (Phi) is 2.08. The van der Waals surface area contributed by atoms with E-state index in [1.807, 2.05) is 24.3 Å². The standard InChI is InChI=1S/C11H7ClN4/c12-9-2-1-7-3-8(5-13-10(7)4-9)11-6-14-16-15-11/h1-6H,(H,14,15,16). The van der Waals surface area contributed by atoms with Gasteiger partial charge in [-0.15, -0.1) is 5.10 Å². The second-order valence-electron chi connectivity index (χ2n) is 3.42. The number of hydrogen-bond acceptors (Lipinski definition) is 3. The van der Waals surface area contributed by atoms with Gasteiger partial charge in [-0.1, -0.05) is 22.9 Å². The van der Waals surface area contributed by atoms with Gasteiger partial charge in [-0.3, -0.25) is 10.1 Å². The minimum Gasteiger partial charge on any atom is -0.265 e. The van der Waals surface area contributed by atoms with Gasteiger partial charge < -0.3 is 0 Å². The van der Waals surface area contributed by atoms with Crippen LogP contribution in [-0.2, 0) is 0 Å². The Labute approximate surface area is 96.3 Å². The molecule has 78 valence electrons. The van der Waals surface area contributed by atoms with Crippen LogP contribution in [0.15, 0.2) is 36.7 Å². The minimum absolute atomic E-state index is 0.689. The summed E-state index contributed by atoms with van der Waals surface area (Å²) in [7, 11) is 0. The van der Waals surface area contributed by atoms with Crippen LogP contribution in [-0.4, -0.2) is 20.4 Å². The molecular weight excluding hydrogens is 224 g/mol. The van der Waals surface area contributed by atoms with Gasteiger partial charge in [0.2, 0.25) is 0 Å². The molecule has 2 aromatic heterocycles. The summed E-state index contributed by atoms with van der Waals surface area (Å²) in [5.41, 5.74) is 2.59. The lowest BCUT2D eigenvalue weighted by Gasteiger charge is -2.00. The molecule has 3 aromatic rings. The second kappa shape index (κ2) is 3.57. The highest BCUT2D eigenvalue weighted by Crippen LogP contribution is 2.22. The van der Waals surface area contributed by atoms with E-state index in [9.17, 15) is 0 Å². The molecule has 1 N–H and O–H groups in total. The van der Waals surface area contributed by atoms with Crippen molar-refractivity contribution in [3.63, 3.8) is 0 Å². The average molecular weight is 231 g/mol. The highest BCUT2D eigenvalue weighted by molar-refractivity contribution is 6.31. The summed E-state index contributed by atoms with van der Waals surface area (Å²) in [5, 5.41) is 12.0. The first-order valence-corrected chi connectivity index (χ1v) is 5.13. The van der Waals surface area contributed by atoms with Gasteiger partial charge >= 0.3 is 0 Å². The zero-order valence-electron chi connectivity index (χ0n) is 8.18. The van der Waals surface area contributed by atoms with Crippen molar-refractivity contribution < 1.29 is 0 Å². The highest BCUT2D eigenvalue weighted by Gasteiger charge is 2.03. The van der Waals surface area contributed by atoms with Gasteiger partial charge in [0.25, 0.3) is 0 Å². The van der Waals surface area contributed by atoms with E-state index in [1.165, 1.54) is 0 Å². The van der Waals surface area contributed by atoms with Gasteiger partial charge in [-0.25, -0.2) is 0 Å². The second-order valence-corrected chi connectivity index (χ2v) is 3.86. The molecule has 0 aliphatic heterocycles. The van der Waals surface area contributed by atoms with E-state index in [0.717, 1.165) is 22.2 Å². The maximum absolute atomic E-state index is 5.89. The van der Waals surface area contributed by atoms with E-state index in [4.69, 9.17) is 11.6 Å². The van der Waals surface area contributed by atoms with Crippen LogP contribution in [0.25, 0.3) is 22.2 Å². The summed E-state index contributed by atoms with van der Waals surface area (Å²) in [5.74, 6) is 0. The molecule has 3 rings (SSSR count). The number of hydrogen-bond donors (Lipinski definition) is 1. The zero-order valence-corrected chi connectivity index (χ0v) is 8.94. The van der Waals surface area contributed by atoms with Crippen molar-refractivity contribution in [3.8, 4) is 11.3 Å². The fourth-order valence-electron chi connectivity index (χ4n) is 1.58. The van der Waals surface area contributed by atoms with Crippen LogP contribution in [0.3, 0.4) is 0 Å². The minimum atomic E-state index is 0.689. The zero-order chi connectivity index (χ0) is 11.0. The Bertz CT molecular complexity index is 634. The van der Waals surface area contributed by atoms with Crippen molar-refractivity contribution in [1.29, 1.82) is 0 Å². The van der Waals surface area contributed by atoms with E-state index in [1.54, 1.807) is 12.4 Å². The van der Waals surface area contributed by atoms with Crippen molar-refractivity contribution >= 4 is 22.5 Å². The Morgan fingerprint density at radius 1 is 1.19 bits per heavy atom. The fourth-order valence-corrected chi connectivity index (χ4v) is 1.74. The van der Waals surface area contributed by atoms with Gasteiger partial charge in [0.1, 0.15) is 5.69 Å². The lowest BCUT2D eigenvalue weighted by Crippen LogP contribution is -1.83. The number of nitrogens with one attached hydrogen (secondary N) is 1. The number of rotatable bonds is 1. The molecule has 0 radical (unpaired) electrons. The summed E-state index contributed by atoms with van der Waals surface area (Å²) >= 11 is 5.89. The Hall–Kier alpha value is -1.94. The molecule has 5 heteroatoms.